The van der Waals surface area contributed by atoms with Crippen LogP contribution in [0.2, 0.25) is 0 Å². The van der Waals surface area contributed by atoms with Crippen molar-refractivity contribution in [1.29, 1.82) is 0 Å². The van der Waals surface area contributed by atoms with Crippen LogP contribution in [0.15, 0.2) is 72.8 Å². The summed E-state index contributed by atoms with van der Waals surface area (Å²) in [5.74, 6) is 0.611. The van der Waals surface area contributed by atoms with E-state index in [0.717, 1.165) is 27.8 Å². The highest BCUT2D eigenvalue weighted by molar-refractivity contribution is 5.88. The van der Waals surface area contributed by atoms with Crippen molar-refractivity contribution in [3.05, 3.63) is 101 Å². The fraction of sp³-hybridized carbons (Fsp3) is 0.355. The predicted octanol–water partition coefficient (Wildman–Crippen LogP) is 5.40. The molecule has 3 rings (SSSR count). The fourth-order valence-electron chi connectivity index (χ4n) is 3.97. The second-order valence-corrected chi connectivity index (χ2v) is 9.84. The molecular formula is C31H38N2O3. The van der Waals surface area contributed by atoms with Gasteiger partial charge in [0.25, 0.3) is 5.91 Å². The molecule has 2 amide bonds. The Morgan fingerprint density at radius 2 is 1.56 bits per heavy atom. The second-order valence-electron chi connectivity index (χ2n) is 9.84. The van der Waals surface area contributed by atoms with Gasteiger partial charge in [-0.25, -0.2) is 0 Å². The maximum absolute atomic E-state index is 13.7. The topological polar surface area (TPSA) is 58.6 Å². The summed E-state index contributed by atoms with van der Waals surface area (Å²) in [6.07, 6.45) is 0.422. The van der Waals surface area contributed by atoms with Crippen molar-refractivity contribution in [1.82, 2.24) is 10.2 Å². The summed E-state index contributed by atoms with van der Waals surface area (Å²) in [7, 11) is 0. The Morgan fingerprint density at radius 3 is 2.22 bits per heavy atom. The number of benzene rings is 3. The van der Waals surface area contributed by atoms with Crippen LogP contribution in [0.5, 0.6) is 5.75 Å². The number of hydrogen-bond acceptors (Lipinski definition) is 3. The van der Waals surface area contributed by atoms with Crippen LogP contribution in [0.1, 0.15) is 41.7 Å². The quantitative estimate of drug-likeness (QED) is 0.395. The summed E-state index contributed by atoms with van der Waals surface area (Å²) in [5, 5.41) is 3.05. The van der Waals surface area contributed by atoms with Crippen LogP contribution in [-0.2, 0) is 22.6 Å². The van der Waals surface area contributed by atoms with Gasteiger partial charge >= 0.3 is 0 Å². The van der Waals surface area contributed by atoms with E-state index in [-0.39, 0.29) is 18.4 Å². The maximum atomic E-state index is 13.7. The lowest BCUT2D eigenvalue weighted by Gasteiger charge is -2.32. The van der Waals surface area contributed by atoms with Crippen molar-refractivity contribution in [2.45, 2.75) is 53.6 Å². The largest absolute Gasteiger partial charge is 0.483 e. The predicted molar refractivity (Wildman–Crippen MR) is 145 cm³/mol. The SMILES string of the molecule is Cc1ccc(CN(C(=O)COc2cccc(C)c2C)[C@H](Cc2ccccc2)C(=O)NCC(C)C)cc1. The third kappa shape index (κ3) is 7.70. The van der Waals surface area contributed by atoms with Crippen LogP contribution in [0.4, 0.5) is 0 Å². The number of carbonyl (C=O) groups is 2. The van der Waals surface area contributed by atoms with Crippen molar-refractivity contribution >= 4 is 11.8 Å². The normalized spacial score (nSPS) is 11.7. The molecule has 0 saturated heterocycles. The molecule has 5 nitrogen and oxygen atoms in total. The molecule has 1 atom stereocenters. The zero-order chi connectivity index (χ0) is 26.1. The molecule has 0 saturated carbocycles. The number of aryl methyl sites for hydroxylation is 2. The molecule has 0 radical (unpaired) electrons. The van der Waals surface area contributed by atoms with Gasteiger partial charge in [-0.2, -0.15) is 0 Å². The Hall–Kier alpha value is -3.60. The molecule has 0 aliphatic heterocycles. The van der Waals surface area contributed by atoms with Crippen LogP contribution in [-0.4, -0.2) is 35.9 Å². The summed E-state index contributed by atoms with van der Waals surface area (Å²) in [6, 6.07) is 23.0. The minimum atomic E-state index is -0.665. The Labute approximate surface area is 215 Å². The smallest absolute Gasteiger partial charge is 0.261 e. The first-order valence-electron chi connectivity index (χ1n) is 12.6. The Balaban J connectivity index is 1.91. The third-order valence-electron chi connectivity index (χ3n) is 6.34. The van der Waals surface area contributed by atoms with Gasteiger partial charge in [0.2, 0.25) is 5.91 Å². The van der Waals surface area contributed by atoms with Crippen molar-refractivity contribution in [2.24, 2.45) is 5.92 Å². The van der Waals surface area contributed by atoms with Gasteiger partial charge in [0, 0.05) is 19.5 Å². The number of amides is 2. The summed E-state index contributed by atoms with van der Waals surface area (Å²) in [5.41, 5.74) is 5.22. The second kappa shape index (κ2) is 12.9. The molecule has 3 aromatic carbocycles. The van der Waals surface area contributed by atoms with E-state index in [1.807, 2.05) is 93.6 Å². The standard InChI is InChI=1S/C31H38N2O3/c1-22(2)19-32-31(35)28(18-26-11-7-6-8-12-26)33(20-27-16-14-23(3)15-17-27)30(34)21-36-29-13-9-10-24(4)25(29)5/h6-17,22,28H,18-21H2,1-5H3,(H,32,35)/t28-/m1/s1. The van der Waals surface area contributed by atoms with E-state index in [1.54, 1.807) is 4.90 Å². The lowest BCUT2D eigenvalue weighted by atomic mass is 10.0. The molecule has 0 heterocycles. The van der Waals surface area contributed by atoms with Gasteiger partial charge in [-0.15, -0.1) is 0 Å². The highest BCUT2D eigenvalue weighted by Gasteiger charge is 2.30. The molecule has 36 heavy (non-hydrogen) atoms. The average molecular weight is 487 g/mol. The van der Waals surface area contributed by atoms with E-state index in [2.05, 4.69) is 19.2 Å². The Morgan fingerprint density at radius 1 is 0.861 bits per heavy atom. The van der Waals surface area contributed by atoms with Gasteiger partial charge in [0.05, 0.1) is 0 Å². The van der Waals surface area contributed by atoms with Crippen molar-refractivity contribution in [3.8, 4) is 5.75 Å². The van der Waals surface area contributed by atoms with Crippen molar-refractivity contribution in [3.63, 3.8) is 0 Å². The van der Waals surface area contributed by atoms with Gasteiger partial charge in [-0.05, 0) is 55.0 Å². The zero-order valence-electron chi connectivity index (χ0n) is 22.1. The third-order valence-corrected chi connectivity index (χ3v) is 6.34. The molecule has 0 unspecified atom stereocenters. The Bertz CT molecular complexity index is 1140. The highest BCUT2D eigenvalue weighted by Crippen LogP contribution is 2.21. The number of nitrogens with zero attached hydrogens (tertiary/aromatic N) is 1. The first-order chi connectivity index (χ1) is 17.2. The minimum absolute atomic E-state index is 0.140. The zero-order valence-corrected chi connectivity index (χ0v) is 22.1. The number of hydrogen-bond donors (Lipinski definition) is 1. The molecule has 5 heteroatoms. The molecular weight excluding hydrogens is 448 g/mol. The molecule has 0 aliphatic rings. The van der Waals surface area contributed by atoms with Crippen LogP contribution in [0, 0.1) is 26.7 Å². The number of rotatable bonds is 11. The van der Waals surface area contributed by atoms with Crippen LogP contribution >= 0.6 is 0 Å². The van der Waals surface area contributed by atoms with Crippen LogP contribution in [0.3, 0.4) is 0 Å². The fourth-order valence-corrected chi connectivity index (χ4v) is 3.97. The van der Waals surface area contributed by atoms with Crippen LogP contribution < -0.4 is 10.1 Å². The van der Waals surface area contributed by atoms with Gasteiger partial charge in [0.15, 0.2) is 6.61 Å². The maximum Gasteiger partial charge on any atom is 0.261 e. The number of ether oxygens (including phenoxy) is 1. The first-order valence-corrected chi connectivity index (χ1v) is 12.6. The molecule has 0 spiro atoms. The van der Waals surface area contributed by atoms with Gasteiger partial charge in [-0.1, -0.05) is 86.1 Å². The molecule has 0 aliphatic carbocycles. The lowest BCUT2D eigenvalue weighted by molar-refractivity contribution is -0.142. The minimum Gasteiger partial charge on any atom is -0.483 e. The van der Waals surface area contributed by atoms with Crippen LogP contribution in [0.25, 0.3) is 0 Å². The van der Waals surface area contributed by atoms with E-state index >= 15 is 0 Å². The molecule has 0 aromatic heterocycles. The van der Waals surface area contributed by atoms with E-state index in [1.165, 1.54) is 0 Å². The number of carbonyl (C=O) groups excluding carboxylic acids is 2. The molecule has 190 valence electrons. The summed E-state index contributed by atoms with van der Waals surface area (Å²) >= 11 is 0. The van der Waals surface area contributed by atoms with Gasteiger partial charge < -0.3 is 15.0 Å². The van der Waals surface area contributed by atoms with E-state index in [4.69, 9.17) is 4.74 Å². The Kier molecular flexibility index (Phi) is 9.69. The molecule has 0 fully saturated rings. The molecule has 0 bridgehead atoms. The van der Waals surface area contributed by atoms with Crippen molar-refractivity contribution < 1.29 is 14.3 Å². The van der Waals surface area contributed by atoms with E-state index < -0.39 is 6.04 Å². The first kappa shape index (κ1) is 27.0. The van der Waals surface area contributed by atoms with Gasteiger partial charge in [0.1, 0.15) is 11.8 Å². The summed E-state index contributed by atoms with van der Waals surface area (Å²) < 4.78 is 5.97. The van der Waals surface area contributed by atoms with Crippen molar-refractivity contribution in [2.75, 3.05) is 13.2 Å². The number of nitrogens with one attached hydrogen (secondary N) is 1. The van der Waals surface area contributed by atoms with Gasteiger partial charge in [-0.3, -0.25) is 9.59 Å². The average Bonchev–Trinajstić information content (AvgIpc) is 2.87. The molecule has 3 aromatic rings. The summed E-state index contributed by atoms with van der Waals surface area (Å²) in [4.78, 5) is 28.8. The molecule has 1 N–H and O–H groups in total. The van der Waals surface area contributed by atoms with E-state index in [0.29, 0.717) is 31.2 Å². The van der Waals surface area contributed by atoms with E-state index in [9.17, 15) is 9.59 Å². The monoisotopic (exact) mass is 486 g/mol. The summed E-state index contributed by atoms with van der Waals surface area (Å²) in [6.45, 7) is 10.9. The lowest BCUT2D eigenvalue weighted by Crippen LogP contribution is -2.52. The highest BCUT2D eigenvalue weighted by atomic mass is 16.5.